The van der Waals surface area contributed by atoms with Crippen molar-refractivity contribution in [1.29, 1.82) is 0 Å². The standard InChI is InChI=1S/C23H29NO8.C21H33NO7.C5H10O2.CH2Cl2/c1-14(2)5-10-18-22(3,32-18)20-19(28-4)17(11-12-23(20)13-29-23)31-21(25)30-16-8-6-15(7-9-16)24(26)27;1-12(2)5-6-16-20(3,29-16)18-17(26-4)15(7-8-21(18)11-27-21)28-19(25)22-9-13(23)14(24)10-22;6-4-2-1-3-5(4)7;2-1-3/h5-10,14,17-20H,11-13H2,1-4H3;5-6,12-18,23-24H,7-11H2,1-4H3;4-7H,1-3H2;1H2/b10-5+;6-5+;;/t17-,18-,19-,20?,22+,23+;13-,14-,15+,16+,17+,18?,20-,21-;4-,5-;/m100./s1. The molecule has 2 unspecified atom stereocenters. The molecule has 1 aromatic rings. The highest BCUT2D eigenvalue weighted by Crippen LogP contribution is 2.60. The van der Waals surface area contributed by atoms with Crippen LogP contribution in [0.15, 0.2) is 48.6 Å². The monoisotopic (exact) mass is 1040 g/mol. The summed E-state index contributed by atoms with van der Waals surface area (Å²) in [6.07, 6.45) is 7.79. The zero-order chi connectivity index (χ0) is 52.1. The second-order valence-corrected chi connectivity index (χ2v) is 21.5. The first-order chi connectivity index (χ1) is 33.6. The lowest BCUT2D eigenvalue weighted by molar-refractivity contribution is -0.384. The van der Waals surface area contributed by atoms with Crippen molar-refractivity contribution < 1.29 is 77.6 Å². The quantitative estimate of drug-likeness (QED) is 0.0334. The van der Waals surface area contributed by atoms with Gasteiger partial charge in [0.05, 0.1) is 72.8 Å². The molecule has 8 fully saturated rings. The molecule has 400 valence electrons. The van der Waals surface area contributed by atoms with Gasteiger partial charge in [-0.15, -0.1) is 23.2 Å². The summed E-state index contributed by atoms with van der Waals surface area (Å²) in [6, 6.07) is 5.24. The number of allylic oxidation sites excluding steroid dienone is 2. The van der Waals surface area contributed by atoms with Crippen LogP contribution in [0.3, 0.4) is 0 Å². The molecule has 0 radical (unpaired) electrons. The van der Waals surface area contributed by atoms with Gasteiger partial charge in [0.1, 0.15) is 64.8 Å². The third-order valence-electron chi connectivity index (χ3n) is 14.9. The minimum Gasteiger partial charge on any atom is -0.443 e. The molecular weight excluding hydrogens is 971 g/mol. The van der Waals surface area contributed by atoms with Crippen LogP contribution < -0.4 is 4.74 Å². The third-order valence-corrected chi connectivity index (χ3v) is 14.9. The SMILES string of the molecule is CO[C@H]1C([C@@]2(C)O[C@@H]2/C=C/C(C)C)[C@]2(CC[C@H]1OC(=O)N1C[C@H](O)[C@@H](O)C1)CO2.CO[C@H]1C([C@@]2(C)O[C@@H]2/C=C/C(C)C)[C@]2(CC[C@H]1OC(=O)Oc1ccc([N+](=O)[O-])cc1)CO2.ClCCl.O[C@H]1CCC[C@@H]1O. The number of ether oxygens (including phenoxy) is 9. The number of amides is 1. The largest absolute Gasteiger partial charge is 0.514 e. The van der Waals surface area contributed by atoms with E-state index >= 15 is 0 Å². The predicted octanol–water partition coefficient (Wildman–Crippen LogP) is 6.45. The molecule has 0 aromatic heterocycles. The lowest BCUT2D eigenvalue weighted by Crippen LogP contribution is -2.56. The molecule has 3 saturated carbocycles. The Labute approximate surface area is 426 Å². The number of hydrogen-bond donors (Lipinski definition) is 4. The molecule has 21 heteroatoms. The van der Waals surface area contributed by atoms with E-state index in [-0.39, 0.29) is 71.2 Å². The van der Waals surface area contributed by atoms with Gasteiger partial charge in [0, 0.05) is 26.4 Å². The number of carbonyl (C=O) groups excluding carboxylic acids is 2. The highest BCUT2D eigenvalue weighted by atomic mass is 35.5. The number of methoxy groups -OCH3 is 2. The Morgan fingerprint density at radius 2 is 1.18 bits per heavy atom. The number of carbonyl (C=O) groups is 2. The number of hydrogen-bond acceptors (Lipinski definition) is 17. The summed E-state index contributed by atoms with van der Waals surface area (Å²) in [4.78, 5) is 36.7. The van der Waals surface area contributed by atoms with Crippen LogP contribution in [0.4, 0.5) is 15.3 Å². The number of aliphatic hydroxyl groups excluding tert-OH is 4. The van der Waals surface area contributed by atoms with Crippen LogP contribution in [-0.4, -0.2) is 172 Å². The van der Waals surface area contributed by atoms with Gasteiger partial charge in [0.25, 0.3) is 5.69 Å². The van der Waals surface area contributed by atoms with E-state index in [2.05, 4.69) is 65.8 Å². The van der Waals surface area contributed by atoms with Gasteiger partial charge < -0.3 is 68.0 Å². The molecule has 1 aromatic carbocycles. The lowest BCUT2D eigenvalue weighted by Gasteiger charge is -2.42. The van der Waals surface area contributed by atoms with Crippen molar-refractivity contribution in [3.63, 3.8) is 0 Å². The van der Waals surface area contributed by atoms with Crippen molar-refractivity contribution >= 4 is 41.1 Å². The highest BCUT2D eigenvalue weighted by molar-refractivity contribution is 6.40. The molecular formula is C50H74Cl2N2O17. The summed E-state index contributed by atoms with van der Waals surface area (Å²) < 4.78 is 52.4. The summed E-state index contributed by atoms with van der Waals surface area (Å²) in [7, 11) is 3.23. The Bertz CT molecular complexity index is 1990. The first-order valence-electron chi connectivity index (χ1n) is 24.6. The Hall–Kier alpha value is -3.18. The number of nitro benzene ring substituents is 1. The van der Waals surface area contributed by atoms with Crippen molar-refractivity contribution in [2.75, 3.05) is 45.9 Å². The number of nitrogens with zero attached hydrogens (tertiary/aromatic N) is 2. The van der Waals surface area contributed by atoms with Crippen LogP contribution in [0.2, 0.25) is 0 Å². The Kier molecular flexibility index (Phi) is 19.3. The number of benzene rings is 1. The second kappa shape index (κ2) is 24.0. The molecule has 5 heterocycles. The molecule has 1 amide bonds. The molecule has 16 atom stereocenters. The minimum absolute atomic E-state index is 0.00745. The van der Waals surface area contributed by atoms with Crippen LogP contribution in [0.25, 0.3) is 0 Å². The maximum absolute atomic E-state index is 12.6. The minimum atomic E-state index is -0.935. The molecule has 5 aliphatic heterocycles. The predicted molar refractivity (Wildman–Crippen MR) is 259 cm³/mol. The van der Waals surface area contributed by atoms with Crippen LogP contribution >= 0.6 is 23.2 Å². The molecule has 8 aliphatic rings. The van der Waals surface area contributed by atoms with E-state index in [1.54, 1.807) is 14.2 Å². The molecule has 2 spiro atoms. The number of epoxide rings is 4. The third kappa shape index (κ3) is 13.8. The lowest BCUT2D eigenvalue weighted by atomic mass is 9.68. The number of non-ortho nitro benzene ring substituents is 1. The van der Waals surface area contributed by atoms with E-state index in [0.717, 1.165) is 32.1 Å². The van der Waals surface area contributed by atoms with E-state index < -0.39 is 71.1 Å². The van der Waals surface area contributed by atoms with Crippen molar-refractivity contribution in [3.8, 4) is 5.75 Å². The summed E-state index contributed by atoms with van der Waals surface area (Å²) in [5, 5.41) is 47.9. The molecule has 71 heavy (non-hydrogen) atoms. The van der Waals surface area contributed by atoms with Gasteiger partial charge in [-0.3, -0.25) is 10.1 Å². The van der Waals surface area contributed by atoms with Gasteiger partial charge in [0.2, 0.25) is 0 Å². The Balaban J connectivity index is 0.000000195. The summed E-state index contributed by atoms with van der Waals surface area (Å²) in [5.74, 6) is 0.875. The number of halogens is 2. The van der Waals surface area contributed by atoms with Crippen LogP contribution in [0, 0.1) is 33.8 Å². The molecule has 19 nitrogen and oxygen atoms in total. The fourth-order valence-electron chi connectivity index (χ4n) is 10.8. The van der Waals surface area contributed by atoms with Gasteiger partial charge in [-0.25, -0.2) is 9.59 Å². The molecule has 0 bridgehead atoms. The van der Waals surface area contributed by atoms with E-state index in [4.69, 9.17) is 76.0 Å². The van der Waals surface area contributed by atoms with Gasteiger partial charge in [-0.05, 0) is 82.8 Å². The van der Waals surface area contributed by atoms with Crippen molar-refractivity contribution in [3.05, 3.63) is 58.7 Å². The maximum Gasteiger partial charge on any atom is 0.514 e. The number of aliphatic hydroxyl groups is 4. The Morgan fingerprint density at radius 1 is 0.761 bits per heavy atom. The van der Waals surface area contributed by atoms with E-state index in [1.165, 1.54) is 29.2 Å². The van der Waals surface area contributed by atoms with E-state index in [9.17, 15) is 29.9 Å². The first kappa shape index (κ1) is 57.1. The van der Waals surface area contributed by atoms with Crippen molar-refractivity contribution in [1.82, 2.24) is 4.90 Å². The van der Waals surface area contributed by atoms with E-state index in [0.29, 0.717) is 37.9 Å². The highest BCUT2D eigenvalue weighted by Gasteiger charge is 2.73. The Morgan fingerprint density at radius 3 is 1.54 bits per heavy atom. The molecule has 5 saturated heterocycles. The van der Waals surface area contributed by atoms with Gasteiger partial charge >= 0.3 is 12.2 Å². The number of nitro groups is 1. The van der Waals surface area contributed by atoms with Crippen LogP contribution in [-0.2, 0) is 37.9 Å². The van der Waals surface area contributed by atoms with Crippen LogP contribution in [0.5, 0.6) is 5.75 Å². The fraction of sp³-hybridized carbons (Fsp3) is 0.760. The van der Waals surface area contributed by atoms with Crippen molar-refractivity contribution in [2.45, 2.75) is 170 Å². The average molecular weight is 1050 g/mol. The zero-order valence-electron chi connectivity index (χ0n) is 41.9. The topological polar surface area (TPSA) is 258 Å². The van der Waals surface area contributed by atoms with Gasteiger partial charge in [-0.2, -0.15) is 0 Å². The average Bonchev–Trinajstić information content (AvgIpc) is 4.28. The normalized spacial score (nSPS) is 39.6. The molecule has 3 aliphatic carbocycles. The van der Waals surface area contributed by atoms with Gasteiger partial charge in [0.15, 0.2) is 0 Å². The summed E-state index contributed by atoms with van der Waals surface area (Å²) >= 11 is 9.53. The number of likely N-dealkylation sites (tertiary alicyclic amines) is 1. The van der Waals surface area contributed by atoms with Gasteiger partial charge in [-0.1, -0.05) is 52.0 Å². The summed E-state index contributed by atoms with van der Waals surface area (Å²) in [5.41, 5.74) is -1.58. The molecule has 4 N–H and O–H groups in total. The number of alkyl halides is 2. The second-order valence-electron chi connectivity index (χ2n) is 20.7. The molecule has 9 rings (SSSR count). The zero-order valence-corrected chi connectivity index (χ0v) is 43.4. The van der Waals surface area contributed by atoms with Crippen molar-refractivity contribution in [2.24, 2.45) is 23.7 Å². The summed E-state index contributed by atoms with van der Waals surface area (Å²) in [6.45, 7) is 14.1. The fourth-order valence-corrected chi connectivity index (χ4v) is 10.8. The first-order valence-corrected chi connectivity index (χ1v) is 25.7. The maximum atomic E-state index is 12.6. The number of β-amino-alcohol motifs (C(OH)–C–C–N with tert-alkyl or cyclic N) is 2. The van der Waals surface area contributed by atoms with E-state index in [1.807, 2.05) is 0 Å². The number of rotatable bonds is 12. The smallest absolute Gasteiger partial charge is 0.443 e. The van der Waals surface area contributed by atoms with Crippen LogP contribution in [0.1, 0.15) is 86.5 Å².